The predicted octanol–water partition coefficient (Wildman–Crippen LogP) is 17.5. The molecule has 5 heterocycles. The number of nitrogens with one attached hydrogen (secondary N) is 4. The van der Waals surface area contributed by atoms with Gasteiger partial charge in [-0.1, -0.05) is 235 Å². The number of benzene rings is 9. The van der Waals surface area contributed by atoms with Crippen molar-refractivity contribution in [2.45, 2.75) is 73.6 Å². The molecule has 0 bridgehead atoms. The minimum atomic E-state index is -3.02. The van der Waals surface area contributed by atoms with E-state index >= 15 is 0 Å². The zero-order chi connectivity index (χ0) is 67.3. The maximum Gasteiger partial charge on any atom is 0.175 e. The lowest BCUT2D eigenvalue weighted by Crippen LogP contribution is -2.01. The number of hydrogen-bond acceptors (Lipinski definition) is 10. The Labute approximate surface area is 554 Å². The van der Waals surface area contributed by atoms with E-state index in [1.807, 2.05) is 83.3 Å². The summed E-state index contributed by atoms with van der Waals surface area (Å²) in [6.07, 6.45) is 12.3. The number of aryl methyl sites for hydroxylation is 8. The number of aromatic amines is 4. The molecule has 9 aromatic carbocycles. The molecule has 1 atom stereocenters. The summed E-state index contributed by atoms with van der Waals surface area (Å²) in [5.41, 5.74) is 20.8. The molecule has 4 N–H and O–H groups in total. The van der Waals surface area contributed by atoms with Crippen LogP contribution in [0.3, 0.4) is 0 Å². The molecule has 0 radical (unpaired) electrons. The van der Waals surface area contributed by atoms with Gasteiger partial charge in [0.05, 0.1) is 16.4 Å². The summed E-state index contributed by atoms with van der Waals surface area (Å²) in [6.45, 7) is 18.0. The van der Waals surface area contributed by atoms with Crippen LogP contribution in [0.5, 0.6) is 0 Å². The lowest BCUT2D eigenvalue weighted by molar-refractivity contribution is 0.598. The van der Waals surface area contributed by atoms with Crippen molar-refractivity contribution < 1.29 is 16.8 Å². The van der Waals surface area contributed by atoms with E-state index in [2.05, 4.69) is 254 Å². The van der Waals surface area contributed by atoms with E-state index in [-0.39, 0.29) is 0 Å². The van der Waals surface area contributed by atoms with Gasteiger partial charge < -0.3 is 4.98 Å². The minimum Gasteiger partial charge on any atom is -0.365 e. The molecule has 1 fully saturated rings. The average Bonchev–Trinajstić information content (AvgIpc) is 1.63. The third-order valence-electron chi connectivity index (χ3n) is 14.6. The molecule has 2 aliphatic rings. The molecule has 14 nitrogen and oxygen atoms in total. The van der Waals surface area contributed by atoms with Crippen LogP contribution in [0.25, 0.3) is 56.7 Å². The summed E-state index contributed by atoms with van der Waals surface area (Å²) >= 11 is 0. The lowest BCUT2D eigenvalue weighted by atomic mass is 10.0. The minimum absolute atomic E-state index is 0.378. The third kappa shape index (κ3) is 24.3. The SMILES string of the molecule is CC1CCS(=O)(=O)C1.Cc1ccc(/C=C/c2ccccc2)cc1.Cc1ccc(C=C2c3ccccc3-c3ccccc32)cc1.Cc1ccc(S(C)(=O)=O)cc1.Cc1ccc2ccccc2c1.Cc1ccc2n[nH]nc2c1.Cc1ccc[nH]1.Cc1ccn[nH]1.Cc1nn[nH]n1. The second-order valence-electron chi connectivity index (χ2n) is 23.0. The highest BCUT2D eigenvalue weighted by atomic mass is 32.2. The van der Waals surface area contributed by atoms with Gasteiger partial charge in [-0.2, -0.15) is 25.7 Å². The van der Waals surface area contributed by atoms with Crippen LogP contribution in [0.4, 0.5) is 0 Å². The fraction of sp³-hybridized carbons (Fsp3) is 0.179. The normalized spacial score (nSPS) is 12.7. The first-order chi connectivity index (χ1) is 45.2. The van der Waals surface area contributed by atoms with Crippen molar-refractivity contribution in [3.63, 3.8) is 0 Å². The molecule has 15 rings (SSSR count). The Bertz CT molecular complexity index is 4520. The van der Waals surface area contributed by atoms with Gasteiger partial charge in [-0.05, 0) is 177 Å². The summed E-state index contributed by atoms with van der Waals surface area (Å²) in [4.78, 5) is 3.38. The van der Waals surface area contributed by atoms with Crippen molar-refractivity contribution in [3.8, 4) is 11.1 Å². The second kappa shape index (κ2) is 36.0. The van der Waals surface area contributed by atoms with Gasteiger partial charge >= 0.3 is 0 Å². The number of aromatic nitrogens is 10. The Hall–Kier alpha value is -10.4. The van der Waals surface area contributed by atoms with Gasteiger partial charge in [-0.15, -0.1) is 10.2 Å². The molecule has 94 heavy (non-hydrogen) atoms. The van der Waals surface area contributed by atoms with E-state index < -0.39 is 19.7 Å². The maximum absolute atomic E-state index is 10.9. The molecular weight excluding hydrogens is 1210 g/mol. The molecular formula is C78H84N10O4S2. The van der Waals surface area contributed by atoms with Crippen molar-refractivity contribution in [2.24, 2.45) is 5.92 Å². The summed E-state index contributed by atoms with van der Waals surface area (Å²) < 4.78 is 43.2. The van der Waals surface area contributed by atoms with Crippen molar-refractivity contribution >= 4 is 65.3 Å². The van der Waals surface area contributed by atoms with Crippen LogP contribution in [0.2, 0.25) is 0 Å². The molecule has 1 saturated heterocycles. The number of fused-ring (bicyclic) bond motifs is 5. The summed E-state index contributed by atoms with van der Waals surface area (Å²) in [7, 11) is -5.62. The van der Waals surface area contributed by atoms with Crippen LogP contribution < -0.4 is 0 Å². The van der Waals surface area contributed by atoms with Crippen LogP contribution in [-0.2, 0) is 19.7 Å². The first-order valence-electron chi connectivity index (χ1n) is 30.9. The molecule has 0 amide bonds. The zero-order valence-electron chi connectivity index (χ0n) is 55.2. The van der Waals surface area contributed by atoms with Gasteiger partial charge in [0.1, 0.15) is 11.0 Å². The third-order valence-corrected chi connectivity index (χ3v) is 17.7. The largest absolute Gasteiger partial charge is 0.365 e. The first kappa shape index (κ1) is 71.0. The highest BCUT2D eigenvalue weighted by molar-refractivity contribution is 7.91. The molecule has 1 aliphatic carbocycles. The number of tetrazole rings is 1. The molecule has 482 valence electrons. The van der Waals surface area contributed by atoms with Crippen LogP contribution in [-0.4, -0.2) is 85.8 Å². The van der Waals surface area contributed by atoms with Gasteiger partial charge in [0, 0.05) is 30.0 Å². The van der Waals surface area contributed by atoms with Crippen molar-refractivity contribution in [1.29, 1.82) is 0 Å². The van der Waals surface area contributed by atoms with Gasteiger partial charge in [-0.3, -0.25) is 5.10 Å². The summed E-state index contributed by atoms with van der Waals surface area (Å²) in [5.74, 6) is 1.90. The standard InChI is InChI=1S/C21H16.C15H14.C11H10.C8H10O2S.C7H7N3.C5H7N.C5H10O2S.C4H6N2.C2H4N4/c1-15-10-12-16(13-11-15)14-21-19-8-4-2-6-17(19)18-7-3-5-9-20(18)21;1-13-7-9-15(10-8-13)12-11-14-5-3-2-4-6-14;1-9-6-7-10-4-2-3-5-11(10)8-9;1-7-3-5-8(6-4-7)11(2,9)10;1-5-2-3-6-7(4-5)9-10-8-6;1-5-3-2-4-6-5;1-5-2-3-8(6,7)4-5;1-4-2-3-5-6-4;1-2-3-5-6-4-2/h2-14H,1H3;2-12H,1H3;2-8H,1H3;3-6H,1-2H3;2-4H,1H3,(H,8,9,10);2-4,6H,1H3;5H,2-4H2,1H3;2-3H,1H3,(H,5,6);1H3,(H,3,4,5,6)/b;12-11+;;;;;;;. The first-order valence-corrected chi connectivity index (χ1v) is 34.6. The van der Waals surface area contributed by atoms with Crippen molar-refractivity contribution in [3.05, 3.63) is 316 Å². The summed E-state index contributed by atoms with van der Waals surface area (Å²) in [6, 6.07) is 78.5. The van der Waals surface area contributed by atoms with E-state index in [9.17, 15) is 16.8 Å². The molecule has 4 aromatic heterocycles. The fourth-order valence-electron chi connectivity index (χ4n) is 9.45. The van der Waals surface area contributed by atoms with Gasteiger partial charge in [0.25, 0.3) is 0 Å². The Morgan fingerprint density at radius 2 is 1.00 bits per heavy atom. The van der Waals surface area contributed by atoms with Crippen LogP contribution >= 0.6 is 0 Å². The van der Waals surface area contributed by atoms with Gasteiger partial charge in [-0.25, -0.2) is 16.8 Å². The molecule has 0 spiro atoms. The maximum atomic E-state index is 10.9. The molecule has 1 aliphatic heterocycles. The van der Waals surface area contributed by atoms with Gasteiger partial charge in [0.15, 0.2) is 25.5 Å². The number of rotatable bonds is 4. The molecule has 16 heteroatoms. The van der Waals surface area contributed by atoms with E-state index in [1.54, 1.807) is 37.4 Å². The van der Waals surface area contributed by atoms with Crippen molar-refractivity contribution in [1.82, 2.24) is 51.2 Å². The number of hydrogen-bond donors (Lipinski definition) is 4. The van der Waals surface area contributed by atoms with Gasteiger partial charge in [0.2, 0.25) is 0 Å². The monoisotopic (exact) mass is 1290 g/mol. The Morgan fingerprint density at radius 3 is 1.46 bits per heavy atom. The average molecular weight is 1290 g/mol. The Kier molecular flexibility index (Phi) is 27.2. The van der Waals surface area contributed by atoms with Crippen LogP contribution in [0.1, 0.15) is 86.2 Å². The highest BCUT2D eigenvalue weighted by Crippen LogP contribution is 2.44. The highest BCUT2D eigenvalue weighted by Gasteiger charge is 2.24. The lowest BCUT2D eigenvalue weighted by Gasteiger charge is -2.03. The van der Waals surface area contributed by atoms with Crippen LogP contribution in [0.15, 0.2) is 248 Å². The van der Waals surface area contributed by atoms with Crippen LogP contribution in [0, 0.1) is 61.3 Å². The van der Waals surface area contributed by atoms with E-state index in [0.717, 1.165) is 28.7 Å². The molecule has 1 unspecified atom stereocenters. The number of nitrogens with zero attached hydrogens (tertiary/aromatic N) is 6. The summed E-state index contributed by atoms with van der Waals surface area (Å²) in [5, 5.41) is 32.2. The molecule has 0 saturated carbocycles. The predicted molar refractivity (Wildman–Crippen MR) is 388 cm³/mol. The smallest absolute Gasteiger partial charge is 0.175 e. The van der Waals surface area contributed by atoms with E-state index in [0.29, 0.717) is 28.1 Å². The van der Waals surface area contributed by atoms with E-state index in [1.165, 1.54) is 89.5 Å². The fourth-order valence-corrected chi connectivity index (χ4v) is 12.0. The van der Waals surface area contributed by atoms with Crippen molar-refractivity contribution in [2.75, 3.05) is 17.8 Å². The number of H-pyrrole nitrogens is 4. The molecule has 13 aromatic rings. The number of sulfone groups is 2. The Balaban J connectivity index is 0.000000155. The van der Waals surface area contributed by atoms with E-state index in [4.69, 9.17) is 0 Å². The zero-order valence-corrected chi connectivity index (χ0v) is 56.8. The second-order valence-corrected chi connectivity index (χ2v) is 27.3. The quantitative estimate of drug-likeness (QED) is 0.123. The Morgan fingerprint density at radius 1 is 0.479 bits per heavy atom. The topological polar surface area (TPSA) is 209 Å².